The molecule has 8 heteroatoms. The molecule has 1 atom stereocenters. The third kappa shape index (κ3) is 2.17. The maximum Gasteiger partial charge on any atom is 0.220 e. The van der Waals surface area contributed by atoms with Crippen molar-refractivity contribution in [2.24, 2.45) is 5.14 Å². The van der Waals surface area contributed by atoms with E-state index >= 15 is 0 Å². The van der Waals surface area contributed by atoms with Crippen molar-refractivity contribution in [3.8, 4) is 0 Å². The van der Waals surface area contributed by atoms with Crippen molar-refractivity contribution in [2.75, 3.05) is 6.54 Å². The maximum absolute atomic E-state index is 11.8. The molecule has 19 heavy (non-hydrogen) atoms. The number of nitrogens with one attached hydrogen (secondary N) is 1. The van der Waals surface area contributed by atoms with Crippen LogP contribution in [0.5, 0.6) is 0 Å². The Labute approximate surface area is 112 Å². The van der Waals surface area contributed by atoms with Crippen molar-refractivity contribution in [1.29, 1.82) is 0 Å². The summed E-state index contributed by atoms with van der Waals surface area (Å²) in [6.07, 6.45) is 6.00. The number of hydrogen-bond acceptors (Lipinski definition) is 5. The van der Waals surface area contributed by atoms with Crippen LogP contribution in [0.25, 0.3) is 0 Å². The second kappa shape index (κ2) is 4.53. The van der Waals surface area contributed by atoms with Gasteiger partial charge >= 0.3 is 0 Å². The smallest absolute Gasteiger partial charge is 0.220 e. The van der Waals surface area contributed by atoms with Crippen molar-refractivity contribution in [1.82, 2.24) is 20.3 Å². The molecule has 2 fully saturated rings. The van der Waals surface area contributed by atoms with E-state index in [1.807, 2.05) is 0 Å². The van der Waals surface area contributed by atoms with Crippen molar-refractivity contribution in [2.45, 2.75) is 49.4 Å². The van der Waals surface area contributed by atoms with E-state index in [1.165, 1.54) is 6.42 Å². The van der Waals surface area contributed by atoms with Crippen molar-refractivity contribution < 1.29 is 8.42 Å². The third-order valence-electron chi connectivity index (χ3n) is 4.28. The fraction of sp³-hybridized carbons (Fsp3) is 0.818. The van der Waals surface area contributed by atoms with Gasteiger partial charge in [-0.3, -0.25) is 4.68 Å². The van der Waals surface area contributed by atoms with Gasteiger partial charge in [0.2, 0.25) is 10.0 Å². The fourth-order valence-electron chi connectivity index (χ4n) is 2.92. The van der Waals surface area contributed by atoms with Crippen LogP contribution in [0.4, 0.5) is 0 Å². The lowest BCUT2D eigenvalue weighted by atomic mass is 9.82. The van der Waals surface area contributed by atoms with Gasteiger partial charge in [-0.2, -0.15) is 0 Å². The minimum atomic E-state index is -3.63. The van der Waals surface area contributed by atoms with Crippen LogP contribution in [0.2, 0.25) is 0 Å². The lowest BCUT2D eigenvalue weighted by Gasteiger charge is -2.37. The Morgan fingerprint density at radius 3 is 2.79 bits per heavy atom. The highest BCUT2D eigenvalue weighted by molar-refractivity contribution is 7.90. The van der Waals surface area contributed by atoms with Gasteiger partial charge in [0.25, 0.3) is 0 Å². The SMILES string of the molecule is NS(=O)(=O)C1(c2cn(CC3CCCN3)nn2)CCC1. The number of nitrogens with zero attached hydrogens (tertiary/aromatic N) is 3. The third-order valence-corrected chi connectivity index (χ3v) is 5.99. The molecule has 3 rings (SSSR count). The number of nitrogens with two attached hydrogens (primary N) is 1. The van der Waals surface area contributed by atoms with Crippen molar-refractivity contribution in [3.05, 3.63) is 11.9 Å². The van der Waals surface area contributed by atoms with Crippen LogP contribution in [-0.4, -0.2) is 36.0 Å². The summed E-state index contributed by atoms with van der Waals surface area (Å²) in [6, 6.07) is 0.404. The average Bonchev–Trinajstić information content (AvgIpc) is 2.87. The molecule has 0 radical (unpaired) electrons. The molecule has 106 valence electrons. The second-order valence-electron chi connectivity index (χ2n) is 5.51. The molecule has 0 bridgehead atoms. The normalized spacial score (nSPS) is 26.3. The van der Waals surface area contributed by atoms with Crippen LogP contribution in [0.1, 0.15) is 37.8 Å². The summed E-state index contributed by atoms with van der Waals surface area (Å²) in [6.45, 7) is 1.76. The second-order valence-corrected chi connectivity index (χ2v) is 7.38. The number of aromatic nitrogens is 3. The molecule has 7 nitrogen and oxygen atoms in total. The molecule has 1 aromatic rings. The Bertz CT molecular complexity index is 557. The van der Waals surface area contributed by atoms with E-state index in [1.54, 1.807) is 10.9 Å². The standard InChI is InChI=1S/C11H19N5O2S/c12-19(17,18)11(4-2-5-11)10-8-16(15-14-10)7-9-3-1-6-13-9/h8-9,13H,1-7H2,(H2,12,17,18). The van der Waals surface area contributed by atoms with E-state index in [0.717, 1.165) is 25.9 Å². The van der Waals surface area contributed by atoms with Gasteiger partial charge in [-0.25, -0.2) is 13.6 Å². The number of rotatable bonds is 4. The van der Waals surface area contributed by atoms with E-state index in [2.05, 4.69) is 15.6 Å². The molecule has 0 amide bonds. The summed E-state index contributed by atoms with van der Waals surface area (Å²) < 4.78 is 24.3. The zero-order chi connectivity index (χ0) is 13.5. The van der Waals surface area contributed by atoms with E-state index in [9.17, 15) is 8.42 Å². The summed E-state index contributed by atoms with van der Waals surface area (Å²) in [4.78, 5) is 0. The fourth-order valence-corrected chi connectivity index (χ4v) is 4.16. The minimum Gasteiger partial charge on any atom is -0.312 e. The largest absolute Gasteiger partial charge is 0.312 e. The van der Waals surface area contributed by atoms with Crippen LogP contribution in [0, 0.1) is 0 Å². The van der Waals surface area contributed by atoms with E-state index in [4.69, 9.17) is 5.14 Å². The first-order chi connectivity index (χ1) is 9.01. The summed E-state index contributed by atoms with van der Waals surface area (Å²) in [5.74, 6) is 0. The molecule has 2 aliphatic rings. The monoisotopic (exact) mass is 285 g/mol. The molecule has 1 aliphatic carbocycles. The van der Waals surface area contributed by atoms with E-state index in [-0.39, 0.29) is 0 Å². The van der Waals surface area contributed by atoms with Gasteiger partial charge in [-0.05, 0) is 38.6 Å². The maximum atomic E-state index is 11.8. The number of primary sulfonamides is 1. The summed E-state index contributed by atoms with van der Waals surface area (Å²) in [5.41, 5.74) is 0.499. The zero-order valence-electron chi connectivity index (χ0n) is 10.7. The Hall–Kier alpha value is -0.990. The van der Waals surface area contributed by atoms with Gasteiger partial charge in [-0.15, -0.1) is 5.10 Å². The predicted molar refractivity (Wildman–Crippen MR) is 69.7 cm³/mol. The van der Waals surface area contributed by atoms with E-state index < -0.39 is 14.8 Å². The highest BCUT2D eigenvalue weighted by atomic mass is 32.2. The van der Waals surface area contributed by atoms with Crippen LogP contribution in [0.15, 0.2) is 6.20 Å². The quantitative estimate of drug-likeness (QED) is 0.790. The predicted octanol–water partition coefficient (Wildman–Crippen LogP) is -0.302. The molecule has 3 N–H and O–H groups in total. The molecule has 0 spiro atoms. The first-order valence-corrected chi connectivity index (χ1v) is 8.22. The molecule has 1 saturated carbocycles. The van der Waals surface area contributed by atoms with Crippen molar-refractivity contribution >= 4 is 10.0 Å². The molecule has 1 aliphatic heterocycles. The topological polar surface area (TPSA) is 103 Å². The molecule has 1 saturated heterocycles. The highest BCUT2D eigenvalue weighted by Crippen LogP contribution is 2.45. The molecule has 2 heterocycles. The summed E-state index contributed by atoms with van der Waals surface area (Å²) in [7, 11) is -3.63. The molecular formula is C11H19N5O2S. The molecular weight excluding hydrogens is 266 g/mol. The zero-order valence-corrected chi connectivity index (χ0v) is 11.6. The van der Waals surface area contributed by atoms with Gasteiger partial charge in [0.1, 0.15) is 10.4 Å². The highest BCUT2D eigenvalue weighted by Gasteiger charge is 2.50. The first kappa shape index (κ1) is 13.0. The first-order valence-electron chi connectivity index (χ1n) is 6.68. The van der Waals surface area contributed by atoms with Crippen molar-refractivity contribution in [3.63, 3.8) is 0 Å². The van der Waals surface area contributed by atoms with Gasteiger partial charge in [-0.1, -0.05) is 5.21 Å². The molecule has 1 aromatic heterocycles. The molecule has 1 unspecified atom stereocenters. The summed E-state index contributed by atoms with van der Waals surface area (Å²) in [5, 5.41) is 16.8. The Kier molecular flexibility index (Phi) is 3.11. The Morgan fingerprint density at radius 1 is 1.47 bits per heavy atom. The van der Waals surface area contributed by atoms with E-state index in [0.29, 0.717) is 24.6 Å². The number of hydrogen-bond donors (Lipinski definition) is 2. The summed E-state index contributed by atoms with van der Waals surface area (Å²) >= 11 is 0. The Morgan fingerprint density at radius 2 is 2.26 bits per heavy atom. The lowest BCUT2D eigenvalue weighted by molar-refractivity contribution is 0.337. The number of sulfonamides is 1. The minimum absolute atomic E-state index is 0.404. The van der Waals surface area contributed by atoms with Gasteiger partial charge in [0.15, 0.2) is 0 Å². The van der Waals surface area contributed by atoms with Gasteiger partial charge < -0.3 is 5.32 Å². The van der Waals surface area contributed by atoms with Crippen LogP contribution in [-0.2, 0) is 21.3 Å². The van der Waals surface area contributed by atoms with Crippen LogP contribution in [0.3, 0.4) is 0 Å². The van der Waals surface area contributed by atoms with Crippen LogP contribution >= 0.6 is 0 Å². The molecule has 0 aromatic carbocycles. The Balaban J connectivity index is 1.80. The average molecular weight is 285 g/mol. The van der Waals surface area contributed by atoms with Gasteiger partial charge in [0, 0.05) is 6.04 Å². The van der Waals surface area contributed by atoms with Gasteiger partial charge in [0.05, 0.1) is 12.7 Å². The lowest BCUT2D eigenvalue weighted by Crippen LogP contribution is -2.46. The van der Waals surface area contributed by atoms with Crippen LogP contribution < -0.4 is 10.5 Å².